The van der Waals surface area contributed by atoms with Crippen molar-refractivity contribution in [3.05, 3.63) is 69.0 Å². The summed E-state index contributed by atoms with van der Waals surface area (Å²) in [5.41, 5.74) is 2.11. The number of carbonyl (C=O) groups is 1. The summed E-state index contributed by atoms with van der Waals surface area (Å²) in [4.78, 5) is 33.3. The highest BCUT2D eigenvalue weighted by Gasteiger charge is 2.24. The SMILES string of the molecule is O=C(/C(=C/c1ccc(Cl)c([N+](=O)[O-])c1)c1nc2ccccc2[nH]1)N1CCOCC1. The van der Waals surface area contributed by atoms with Crippen LogP contribution < -0.4 is 0 Å². The maximum Gasteiger partial charge on any atom is 0.288 e. The van der Waals surface area contributed by atoms with Crippen LogP contribution in [-0.2, 0) is 9.53 Å². The maximum absolute atomic E-state index is 13.2. The molecule has 0 spiro atoms. The number of aromatic amines is 1. The van der Waals surface area contributed by atoms with Gasteiger partial charge in [-0.15, -0.1) is 0 Å². The van der Waals surface area contributed by atoms with Crippen molar-refractivity contribution in [2.24, 2.45) is 0 Å². The molecule has 0 bridgehead atoms. The molecule has 2 aromatic carbocycles. The summed E-state index contributed by atoms with van der Waals surface area (Å²) in [7, 11) is 0. The molecule has 0 radical (unpaired) electrons. The molecular weight excluding hydrogens is 396 g/mol. The minimum Gasteiger partial charge on any atom is -0.378 e. The fraction of sp³-hybridized carbons (Fsp3) is 0.200. The van der Waals surface area contributed by atoms with Gasteiger partial charge in [-0.3, -0.25) is 14.9 Å². The molecule has 1 aromatic heterocycles. The van der Waals surface area contributed by atoms with Gasteiger partial charge in [-0.1, -0.05) is 29.8 Å². The first-order valence-corrected chi connectivity index (χ1v) is 9.38. The third-order valence-corrected chi connectivity index (χ3v) is 4.97. The second-order valence-corrected chi connectivity index (χ2v) is 6.94. The summed E-state index contributed by atoms with van der Waals surface area (Å²) in [6.07, 6.45) is 1.60. The van der Waals surface area contributed by atoms with Gasteiger partial charge in [0.05, 0.1) is 34.7 Å². The lowest BCUT2D eigenvalue weighted by Crippen LogP contribution is -2.41. The van der Waals surface area contributed by atoms with E-state index in [0.717, 1.165) is 11.0 Å². The van der Waals surface area contributed by atoms with Crippen molar-refractivity contribution in [3.8, 4) is 0 Å². The van der Waals surface area contributed by atoms with Crippen LogP contribution in [0.15, 0.2) is 42.5 Å². The minimum atomic E-state index is -0.551. The monoisotopic (exact) mass is 412 g/mol. The van der Waals surface area contributed by atoms with Crippen LogP contribution in [0.1, 0.15) is 11.4 Å². The highest BCUT2D eigenvalue weighted by molar-refractivity contribution is 6.32. The lowest BCUT2D eigenvalue weighted by Gasteiger charge is -2.27. The molecule has 0 unspecified atom stereocenters. The number of rotatable bonds is 4. The number of hydrogen-bond acceptors (Lipinski definition) is 5. The number of carbonyl (C=O) groups excluding carboxylic acids is 1. The van der Waals surface area contributed by atoms with Crippen molar-refractivity contribution in [2.75, 3.05) is 26.3 Å². The van der Waals surface area contributed by atoms with Crippen molar-refractivity contribution >= 4 is 45.9 Å². The number of amides is 1. The minimum absolute atomic E-state index is 0.0388. The molecule has 1 amide bonds. The van der Waals surface area contributed by atoms with E-state index in [-0.39, 0.29) is 16.6 Å². The summed E-state index contributed by atoms with van der Waals surface area (Å²) >= 11 is 5.91. The Hall–Kier alpha value is -3.23. The summed E-state index contributed by atoms with van der Waals surface area (Å²) in [6, 6.07) is 11.9. The normalized spacial score (nSPS) is 14.9. The molecule has 0 aliphatic carbocycles. The van der Waals surface area contributed by atoms with E-state index in [1.54, 1.807) is 17.0 Å². The number of ether oxygens (including phenoxy) is 1. The van der Waals surface area contributed by atoms with Crippen molar-refractivity contribution in [3.63, 3.8) is 0 Å². The van der Waals surface area contributed by atoms with Crippen molar-refractivity contribution in [2.45, 2.75) is 0 Å². The first kappa shape index (κ1) is 19.1. The van der Waals surface area contributed by atoms with Gasteiger partial charge < -0.3 is 14.6 Å². The molecule has 2 heterocycles. The number of nitro benzene ring substituents is 1. The summed E-state index contributed by atoms with van der Waals surface area (Å²) in [5.74, 6) is 0.185. The van der Waals surface area contributed by atoms with Gasteiger partial charge in [0.15, 0.2) is 0 Å². The average molecular weight is 413 g/mol. The van der Waals surface area contributed by atoms with Gasteiger partial charge in [0.2, 0.25) is 0 Å². The van der Waals surface area contributed by atoms with Crippen LogP contribution in [-0.4, -0.2) is 52.0 Å². The Labute approximate surface area is 170 Å². The van der Waals surface area contributed by atoms with Gasteiger partial charge in [-0.25, -0.2) is 4.98 Å². The van der Waals surface area contributed by atoms with Crippen LogP contribution in [0.4, 0.5) is 5.69 Å². The number of para-hydroxylation sites is 2. The number of morpholine rings is 1. The Morgan fingerprint density at radius 1 is 1.24 bits per heavy atom. The molecule has 3 aromatic rings. The standard InChI is InChI=1S/C20H17ClN4O4/c21-15-6-5-13(12-18(15)25(27)28)11-14(20(26)24-7-9-29-10-8-24)19-22-16-3-1-2-4-17(16)23-19/h1-6,11-12H,7-10H2,(H,22,23)/b14-11+. The molecule has 29 heavy (non-hydrogen) atoms. The summed E-state index contributed by atoms with van der Waals surface area (Å²) in [5, 5.41) is 11.3. The van der Waals surface area contributed by atoms with Crippen LogP contribution in [0.25, 0.3) is 22.7 Å². The molecule has 4 rings (SSSR count). The number of hydrogen-bond donors (Lipinski definition) is 1. The Balaban J connectivity index is 1.81. The lowest BCUT2D eigenvalue weighted by atomic mass is 10.1. The third kappa shape index (κ3) is 3.98. The Morgan fingerprint density at radius 2 is 2.00 bits per heavy atom. The van der Waals surface area contributed by atoms with E-state index in [1.165, 1.54) is 12.1 Å². The van der Waals surface area contributed by atoms with E-state index in [9.17, 15) is 14.9 Å². The van der Waals surface area contributed by atoms with Crippen LogP contribution in [0.2, 0.25) is 5.02 Å². The number of nitro groups is 1. The van der Waals surface area contributed by atoms with Crippen molar-refractivity contribution < 1.29 is 14.5 Å². The topological polar surface area (TPSA) is 101 Å². The van der Waals surface area contributed by atoms with Crippen LogP contribution in [0.5, 0.6) is 0 Å². The van der Waals surface area contributed by atoms with E-state index in [1.807, 2.05) is 24.3 Å². The lowest BCUT2D eigenvalue weighted by molar-refractivity contribution is -0.384. The molecule has 1 saturated heterocycles. The number of nitrogens with zero attached hydrogens (tertiary/aromatic N) is 3. The van der Waals surface area contributed by atoms with E-state index in [4.69, 9.17) is 16.3 Å². The molecule has 8 nitrogen and oxygen atoms in total. The molecule has 1 aliphatic rings. The first-order valence-electron chi connectivity index (χ1n) is 9.01. The number of benzene rings is 2. The Bertz CT molecular complexity index is 1090. The molecule has 1 aliphatic heterocycles. The van der Waals surface area contributed by atoms with E-state index < -0.39 is 4.92 Å². The zero-order valence-corrected chi connectivity index (χ0v) is 16.1. The molecule has 148 valence electrons. The molecule has 1 fully saturated rings. The maximum atomic E-state index is 13.2. The van der Waals surface area contributed by atoms with Crippen LogP contribution in [0, 0.1) is 10.1 Å². The number of nitrogens with one attached hydrogen (secondary N) is 1. The van der Waals surface area contributed by atoms with E-state index >= 15 is 0 Å². The second kappa shape index (κ2) is 8.02. The summed E-state index contributed by atoms with van der Waals surface area (Å²) in [6.45, 7) is 1.87. The summed E-state index contributed by atoms with van der Waals surface area (Å²) < 4.78 is 5.33. The average Bonchev–Trinajstić information content (AvgIpc) is 3.17. The molecular formula is C20H17ClN4O4. The van der Waals surface area contributed by atoms with Gasteiger partial charge in [-0.2, -0.15) is 0 Å². The van der Waals surface area contributed by atoms with Gasteiger partial charge in [0.1, 0.15) is 10.8 Å². The van der Waals surface area contributed by atoms with Gasteiger partial charge in [-0.05, 0) is 29.8 Å². The number of aromatic nitrogens is 2. The highest BCUT2D eigenvalue weighted by atomic mass is 35.5. The highest BCUT2D eigenvalue weighted by Crippen LogP contribution is 2.28. The Morgan fingerprint density at radius 3 is 2.72 bits per heavy atom. The van der Waals surface area contributed by atoms with Crippen molar-refractivity contribution in [1.82, 2.24) is 14.9 Å². The molecule has 0 atom stereocenters. The van der Waals surface area contributed by atoms with Gasteiger partial charge in [0, 0.05) is 19.2 Å². The van der Waals surface area contributed by atoms with Crippen LogP contribution in [0.3, 0.4) is 0 Å². The Kier molecular flexibility index (Phi) is 5.28. The fourth-order valence-corrected chi connectivity index (χ4v) is 3.36. The fourth-order valence-electron chi connectivity index (χ4n) is 3.17. The molecule has 0 saturated carbocycles. The number of halogens is 1. The van der Waals surface area contributed by atoms with Gasteiger partial charge >= 0.3 is 0 Å². The van der Waals surface area contributed by atoms with Gasteiger partial charge in [0.25, 0.3) is 11.6 Å². The number of H-pyrrole nitrogens is 1. The molecule has 9 heteroatoms. The zero-order chi connectivity index (χ0) is 20.4. The largest absolute Gasteiger partial charge is 0.378 e. The predicted octanol–water partition coefficient (Wildman–Crippen LogP) is 3.52. The smallest absolute Gasteiger partial charge is 0.288 e. The van der Waals surface area contributed by atoms with Crippen molar-refractivity contribution in [1.29, 1.82) is 0 Å². The van der Waals surface area contributed by atoms with E-state index in [2.05, 4.69) is 9.97 Å². The predicted molar refractivity (Wildman–Crippen MR) is 109 cm³/mol. The first-order chi connectivity index (χ1) is 14.0. The zero-order valence-electron chi connectivity index (χ0n) is 15.3. The number of imidazole rings is 1. The molecule has 1 N–H and O–H groups in total. The van der Waals surface area contributed by atoms with Crippen LogP contribution >= 0.6 is 11.6 Å². The second-order valence-electron chi connectivity index (χ2n) is 6.53. The third-order valence-electron chi connectivity index (χ3n) is 4.65. The number of fused-ring (bicyclic) bond motifs is 1. The quantitative estimate of drug-likeness (QED) is 0.401. The van der Waals surface area contributed by atoms with E-state index in [0.29, 0.717) is 43.3 Å².